The number of pyridine rings is 1. The number of aromatic nitrogens is 1. The van der Waals surface area contributed by atoms with Gasteiger partial charge in [-0.1, -0.05) is 23.9 Å². The zero-order valence-electron chi connectivity index (χ0n) is 13.1. The van der Waals surface area contributed by atoms with E-state index in [1.807, 2.05) is 6.20 Å². The van der Waals surface area contributed by atoms with Crippen molar-refractivity contribution in [1.82, 2.24) is 10.3 Å². The maximum absolute atomic E-state index is 5.44. The van der Waals surface area contributed by atoms with Gasteiger partial charge in [0.05, 0.1) is 11.4 Å². The molecule has 3 rings (SSSR count). The van der Waals surface area contributed by atoms with Crippen molar-refractivity contribution >= 4 is 5.71 Å². The summed E-state index contributed by atoms with van der Waals surface area (Å²) in [6.07, 6.45) is 9.24. The molecule has 0 spiro atoms. The molecular weight excluding hydrogens is 274 g/mol. The predicted octanol–water partition coefficient (Wildman–Crippen LogP) is 3.06. The highest BCUT2D eigenvalue weighted by molar-refractivity contribution is 5.91. The van der Waals surface area contributed by atoms with Gasteiger partial charge in [-0.15, -0.1) is 0 Å². The molecule has 2 aliphatic rings. The molecule has 118 valence electrons. The Morgan fingerprint density at radius 3 is 3.05 bits per heavy atom. The van der Waals surface area contributed by atoms with Crippen LogP contribution in [0.4, 0.5) is 0 Å². The summed E-state index contributed by atoms with van der Waals surface area (Å²) in [5.41, 5.74) is 3.79. The van der Waals surface area contributed by atoms with Crippen LogP contribution in [-0.4, -0.2) is 30.4 Å². The van der Waals surface area contributed by atoms with Crippen LogP contribution in [0.1, 0.15) is 42.9 Å². The van der Waals surface area contributed by atoms with E-state index >= 15 is 0 Å². The predicted molar refractivity (Wildman–Crippen MR) is 89.1 cm³/mol. The summed E-state index contributed by atoms with van der Waals surface area (Å²) in [6, 6.07) is 4.28. The Balaban J connectivity index is 1.94. The third kappa shape index (κ3) is 3.38. The molecule has 1 aromatic rings. The number of aryl methyl sites for hydroxylation is 1. The molecule has 0 amide bonds. The molecular formula is C18H25N3O. The number of piperidine rings is 1. The van der Waals surface area contributed by atoms with Crippen molar-refractivity contribution < 1.29 is 4.84 Å². The van der Waals surface area contributed by atoms with E-state index in [0.29, 0.717) is 18.4 Å². The molecule has 0 bridgehead atoms. The number of oxime groups is 1. The van der Waals surface area contributed by atoms with Gasteiger partial charge in [0.2, 0.25) is 0 Å². The summed E-state index contributed by atoms with van der Waals surface area (Å²) in [4.78, 5) is 10.2. The van der Waals surface area contributed by atoms with Crippen LogP contribution in [-0.2, 0) is 11.3 Å². The van der Waals surface area contributed by atoms with Crippen LogP contribution in [0.5, 0.6) is 0 Å². The lowest BCUT2D eigenvalue weighted by atomic mass is 9.78. The number of nitrogens with zero attached hydrogens (tertiary/aromatic N) is 2. The van der Waals surface area contributed by atoms with E-state index in [2.05, 4.69) is 29.2 Å². The van der Waals surface area contributed by atoms with Crippen molar-refractivity contribution in [2.45, 2.75) is 38.0 Å². The molecule has 1 aliphatic carbocycles. The highest BCUT2D eigenvalue weighted by Gasteiger charge is 2.33. The first-order chi connectivity index (χ1) is 10.9. The first-order valence-corrected chi connectivity index (χ1v) is 8.34. The van der Waals surface area contributed by atoms with Crippen LogP contribution in [0.25, 0.3) is 0 Å². The molecule has 1 unspecified atom stereocenters. The van der Waals surface area contributed by atoms with Crippen molar-refractivity contribution in [3.8, 4) is 0 Å². The minimum atomic E-state index is 0.311. The molecule has 0 saturated carbocycles. The molecule has 2 heterocycles. The van der Waals surface area contributed by atoms with Gasteiger partial charge in [-0.05, 0) is 62.7 Å². The molecule has 1 N–H and O–H groups in total. The Morgan fingerprint density at radius 1 is 1.36 bits per heavy atom. The fraction of sp³-hybridized carbons (Fsp3) is 0.556. The van der Waals surface area contributed by atoms with Crippen LogP contribution in [0.3, 0.4) is 0 Å². The van der Waals surface area contributed by atoms with Gasteiger partial charge in [0.15, 0.2) is 0 Å². The standard InChI is InChI=1S/C18H25N3O/c1-2-13-22-21-16-7-3-5-15-6-4-10-20-18(15)17(16)14-8-11-19-12-9-14/h2,4,6,10,14,17,19H,1,3,5,7-9,11-13H2/b21-16+. The Bertz CT molecular complexity index is 535. The van der Waals surface area contributed by atoms with Gasteiger partial charge in [0.1, 0.15) is 6.61 Å². The maximum atomic E-state index is 5.44. The zero-order valence-corrected chi connectivity index (χ0v) is 13.1. The summed E-state index contributed by atoms with van der Waals surface area (Å²) < 4.78 is 0. The fourth-order valence-corrected chi connectivity index (χ4v) is 3.66. The second kappa shape index (κ2) is 7.54. The molecule has 0 aromatic carbocycles. The smallest absolute Gasteiger partial charge is 0.135 e. The number of hydrogen-bond donors (Lipinski definition) is 1. The summed E-state index contributed by atoms with van der Waals surface area (Å²) in [5.74, 6) is 0.921. The van der Waals surface area contributed by atoms with Crippen molar-refractivity contribution in [2.24, 2.45) is 11.1 Å². The second-order valence-corrected chi connectivity index (χ2v) is 6.13. The molecule has 4 heteroatoms. The normalized spacial score (nSPS) is 24.5. The average molecular weight is 299 g/mol. The number of fused-ring (bicyclic) bond motifs is 1. The molecule has 1 aliphatic heterocycles. The largest absolute Gasteiger partial charge is 0.392 e. The molecule has 1 saturated heterocycles. The van der Waals surface area contributed by atoms with Gasteiger partial charge in [-0.2, -0.15) is 0 Å². The topological polar surface area (TPSA) is 46.5 Å². The third-order valence-corrected chi connectivity index (χ3v) is 4.69. The number of rotatable bonds is 4. The van der Waals surface area contributed by atoms with E-state index in [0.717, 1.165) is 32.4 Å². The summed E-state index contributed by atoms with van der Waals surface area (Å²) in [7, 11) is 0. The Kier molecular flexibility index (Phi) is 5.22. The lowest BCUT2D eigenvalue weighted by molar-refractivity contribution is 0.171. The van der Waals surface area contributed by atoms with E-state index in [-0.39, 0.29) is 0 Å². The van der Waals surface area contributed by atoms with Gasteiger partial charge in [0, 0.05) is 12.1 Å². The minimum absolute atomic E-state index is 0.311. The lowest BCUT2D eigenvalue weighted by Gasteiger charge is -2.31. The first kappa shape index (κ1) is 15.2. The summed E-state index contributed by atoms with van der Waals surface area (Å²) in [5, 5.41) is 7.93. The van der Waals surface area contributed by atoms with Gasteiger partial charge in [0.25, 0.3) is 0 Å². The zero-order chi connectivity index (χ0) is 15.2. The van der Waals surface area contributed by atoms with Gasteiger partial charge >= 0.3 is 0 Å². The van der Waals surface area contributed by atoms with Crippen molar-refractivity contribution in [2.75, 3.05) is 19.7 Å². The maximum Gasteiger partial charge on any atom is 0.135 e. The van der Waals surface area contributed by atoms with Crippen LogP contribution < -0.4 is 5.32 Å². The van der Waals surface area contributed by atoms with Crippen molar-refractivity contribution in [1.29, 1.82) is 0 Å². The Morgan fingerprint density at radius 2 is 2.23 bits per heavy atom. The quantitative estimate of drug-likeness (QED) is 0.402. The van der Waals surface area contributed by atoms with Crippen molar-refractivity contribution in [3.05, 3.63) is 42.2 Å². The fourth-order valence-electron chi connectivity index (χ4n) is 3.66. The molecule has 22 heavy (non-hydrogen) atoms. The molecule has 1 aromatic heterocycles. The Labute approximate surface area is 132 Å². The van der Waals surface area contributed by atoms with E-state index in [4.69, 9.17) is 9.82 Å². The van der Waals surface area contributed by atoms with E-state index in [9.17, 15) is 0 Å². The first-order valence-electron chi connectivity index (χ1n) is 8.34. The molecule has 0 radical (unpaired) electrons. The van der Waals surface area contributed by atoms with Crippen LogP contribution in [0.15, 0.2) is 36.1 Å². The molecule has 4 nitrogen and oxygen atoms in total. The van der Waals surface area contributed by atoms with Crippen LogP contribution in [0.2, 0.25) is 0 Å². The summed E-state index contributed by atoms with van der Waals surface area (Å²) in [6.45, 7) is 6.34. The van der Waals surface area contributed by atoms with Gasteiger partial charge < -0.3 is 10.2 Å². The third-order valence-electron chi connectivity index (χ3n) is 4.69. The van der Waals surface area contributed by atoms with Crippen molar-refractivity contribution in [3.63, 3.8) is 0 Å². The highest BCUT2D eigenvalue weighted by atomic mass is 16.6. The number of nitrogens with one attached hydrogen (secondary N) is 1. The van der Waals surface area contributed by atoms with E-state index < -0.39 is 0 Å². The van der Waals surface area contributed by atoms with Crippen LogP contribution >= 0.6 is 0 Å². The summed E-state index contributed by atoms with van der Waals surface area (Å²) >= 11 is 0. The van der Waals surface area contributed by atoms with Crippen LogP contribution in [0, 0.1) is 5.92 Å². The Hall–Kier alpha value is -1.68. The van der Waals surface area contributed by atoms with Gasteiger partial charge in [-0.25, -0.2) is 0 Å². The number of hydrogen-bond acceptors (Lipinski definition) is 4. The monoisotopic (exact) mass is 299 g/mol. The minimum Gasteiger partial charge on any atom is -0.392 e. The highest BCUT2D eigenvalue weighted by Crippen LogP contribution is 2.37. The lowest BCUT2D eigenvalue weighted by Crippen LogP contribution is -2.34. The second-order valence-electron chi connectivity index (χ2n) is 6.13. The van der Waals surface area contributed by atoms with E-state index in [1.54, 1.807) is 6.08 Å². The molecule has 1 atom stereocenters. The average Bonchev–Trinajstić information content (AvgIpc) is 2.75. The SMILES string of the molecule is C=CCO/N=C1\CCCc2cccnc2C1C1CCNCC1. The van der Waals surface area contributed by atoms with E-state index in [1.165, 1.54) is 29.8 Å². The van der Waals surface area contributed by atoms with Gasteiger partial charge in [-0.3, -0.25) is 4.98 Å². The molecule has 1 fully saturated rings.